The summed E-state index contributed by atoms with van der Waals surface area (Å²) in [6.45, 7) is -0.243. The zero-order chi connectivity index (χ0) is 18.4. The fourth-order valence-corrected chi connectivity index (χ4v) is 2.28. The number of hydrogen-bond donors (Lipinski definition) is 2. The van der Waals surface area contributed by atoms with Crippen LogP contribution in [0.25, 0.3) is 16.6 Å². The monoisotopic (exact) mass is 348 g/mol. The van der Waals surface area contributed by atoms with Crippen molar-refractivity contribution in [2.24, 2.45) is 5.16 Å². The van der Waals surface area contributed by atoms with E-state index in [0.717, 1.165) is 16.8 Å². The van der Waals surface area contributed by atoms with E-state index in [2.05, 4.69) is 15.1 Å². The van der Waals surface area contributed by atoms with E-state index in [1.165, 1.54) is 6.21 Å². The van der Waals surface area contributed by atoms with Crippen LogP contribution < -0.4 is 4.74 Å². The molecule has 0 unspecified atom stereocenters. The minimum atomic E-state index is -0.251. The molecule has 3 aromatic rings. The van der Waals surface area contributed by atoms with Crippen LogP contribution in [-0.4, -0.2) is 35.0 Å². The molecule has 0 fully saturated rings. The summed E-state index contributed by atoms with van der Waals surface area (Å²) in [5.41, 5.74) is 2.32. The molecule has 2 aromatic carbocycles. The molecule has 0 aliphatic rings. The fraction of sp³-hybridized carbons (Fsp3) is 0.105. The van der Waals surface area contributed by atoms with Crippen LogP contribution in [0.4, 0.5) is 0 Å². The molecule has 1 aromatic heterocycles. The number of allylic oxidation sites excluding steroid dienone is 1. The number of aromatic nitrogens is 2. The lowest BCUT2D eigenvalue weighted by molar-refractivity contribution is 0.139. The first-order chi connectivity index (χ1) is 12.7. The summed E-state index contributed by atoms with van der Waals surface area (Å²) < 4.78 is 5.07. The summed E-state index contributed by atoms with van der Waals surface area (Å²) in [6.07, 6.45) is 1.50. The molecule has 7 heteroatoms. The van der Waals surface area contributed by atoms with Gasteiger partial charge in [0.25, 0.3) is 0 Å². The van der Waals surface area contributed by atoms with Gasteiger partial charge in [-0.2, -0.15) is 5.26 Å². The van der Waals surface area contributed by atoms with Crippen LogP contribution in [0.2, 0.25) is 0 Å². The smallest absolute Gasteiger partial charge is 0.175 e. The standard InChI is InChI=1S/C19H16N4O3/c1-25-14-8-6-13(7-9-14)11-21-26-12-18(24)15(10-20)19-22-16-4-2-3-5-17(16)23-19/h2-9,11,24H,12H2,1H3,(H,22,23). The van der Waals surface area contributed by atoms with Gasteiger partial charge in [-0.05, 0) is 42.0 Å². The second-order valence-corrected chi connectivity index (χ2v) is 5.32. The number of aromatic amines is 1. The van der Waals surface area contributed by atoms with Crippen LogP contribution >= 0.6 is 0 Å². The molecule has 130 valence electrons. The highest BCUT2D eigenvalue weighted by atomic mass is 16.6. The summed E-state index contributed by atoms with van der Waals surface area (Å²) in [7, 11) is 1.59. The first-order valence-electron chi connectivity index (χ1n) is 7.78. The van der Waals surface area contributed by atoms with Crippen molar-refractivity contribution in [1.82, 2.24) is 9.97 Å². The number of methoxy groups -OCH3 is 1. The minimum absolute atomic E-state index is 0.0147. The maximum Gasteiger partial charge on any atom is 0.175 e. The average Bonchev–Trinajstić information content (AvgIpc) is 3.10. The van der Waals surface area contributed by atoms with Crippen molar-refractivity contribution in [3.63, 3.8) is 0 Å². The molecule has 0 aliphatic carbocycles. The number of ether oxygens (including phenoxy) is 1. The van der Waals surface area contributed by atoms with Gasteiger partial charge in [0.05, 0.1) is 24.4 Å². The number of nitrogens with one attached hydrogen (secondary N) is 1. The predicted molar refractivity (Wildman–Crippen MR) is 97.8 cm³/mol. The van der Waals surface area contributed by atoms with E-state index in [0.29, 0.717) is 5.52 Å². The highest BCUT2D eigenvalue weighted by Crippen LogP contribution is 2.18. The molecule has 2 N–H and O–H groups in total. The molecule has 0 aliphatic heterocycles. The van der Waals surface area contributed by atoms with Gasteiger partial charge < -0.3 is 19.7 Å². The third kappa shape index (κ3) is 3.82. The number of nitriles is 1. The van der Waals surface area contributed by atoms with Crippen LogP contribution in [0, 0.1) is 11.3 Å². The third-order valence-corrected chi connectivity index (χ3v) is 3.62. The Labute approximate surface area is 149 Å². The number of fused-ring (bicyclic) bond motifs is 1. The molecule has 1 heterocycles. The molecular weight excluding hydrogens is 332 g/mol. The van der Waals surface area contributed by atoms with Gasteiger partial charge in [0.1, 0.15) is 17.4 Å². The van der Waals surface area contributed by atoms with E-state index in [1.807, 2.05) is 42.5 Å². The molecule has 0 radical (unpaired) electrons. The van der Waals surface area contributed by atoms with Gasteiger partial charge in [-0.3, -0.25) is 0 Å². The Balaban J connectivity index is 1.68. The van der Waals surface area contributed by atoms with Gasteiger partial charge in [0.2, 0.25) is 0 Å². The summed E-state index contributed by atoms with van der Waals surface area (Å²) in [5, 5.41) is 23.3. The Morgan fingerprint density at radius 3 is 2.73 bits per heavy atom. The lowest BCUT2D eigenvalue weighted by Gasteiger charge is -2.01. The Morgan fingerprint density at radius 2 is 2.04 bits per heavy atom. The van der Waals surface area contributed by atoms with Crippen molar-refractivity contribution in [3.8, 4) is 11.8 Å². The van der Waals surface area contributed by atoms with Crippen LogP contribution in [-0.2, 0) is 4.84 Å². The van der Waals surface area contributed by atoms with Crippen LogP contribution in [0.15, 0.2) is 59.4 Å². The minimum Gasteiger partial charge on any atom is -0.507 e. The number of H-pyrrole nitrogens is 1. The van der Waals surface area contributed by atoms with Crippen LogP contribution in [0.5, 0.6) is 5.75 Å². The zero-order valence-electron chi connectivity index (χ0n) is 14.0. The van der Waals surface area contributed by atoms with E-state index in [1.54, 1.807) is 19.2 Å². The lowest BCUT2D eigenvalue weighted by Crippen LogP contribution is -1.99. The molecule has 0 saturated heterocycles. The fourth-order valence-electron chi connectivity index (χ4n) is 2.28. The SMILES string of the molecule is COc1ccc(C=NOCC(O)=C(C#N)c2nc3ccccc3[nH]2)cc1. The Bertz CT molecular complexity index is 965. The molecule has 0 amide bonds. The molecule has 3 rings (SSSR count). The van der Waals surface area contributed by atoms with Crippen molar-refractivity contribution in [3.05, 3.63) is 65.7 Å². The van der Waals surface area contributed by atoms with Crippen molar-refractivity contribution < 1.29 is 14.7 Å². The molecule has 0 saturated carbocycles. The Morgan fingerprint density at radius 1 is 1.27 bits per heavy atom. The maximum absolute atomic E-state index is 10.1. The van der Waals surface area contributed by atoms with Crippen molar-refractivity contribution in [1.29, 1.82) is 5.26 Å². The summed E-state index contributed by atoms with van der Waals surface area (Å²) in [4.78, 5) is 12.4. The Kier molecular flexibility index (Phi) is 5.15. The summed E-state index contributed by atoms with van der Waals surface area (Å²) in [5.74, 6) is 0.778. The summed E-state index contributed by atoms with van der Waals surface area (Å²) >= 11 is 0. The third-order valence-electron chi connectivity index (χ3n) is 3.62. The number of imidazole rings is 1. The number of aliphatic hydroxyl groups is 1. The number of benzene rings is 2. The highest BCUT2D eigenvalue weighted by Gasteiger charge is 2.13. The zero-order valence-corrected chi connectivity index (χ0v) is 14.0. The normalized spacial score (nSPS) is 12.0. The summed E-state index contributed by atoms with van der Waals surface area (Å²) in [6, 6.07) is 16.5. The van der Waals surface area contributed by atoms with E-state index in [-0.39, 0.29) is 23.8 Å². The van der Waals surface area contributed by atoms with Crippen LogP contribution in [0.3, 0.4) is 0 Å². The number of hydrogen-bond acceptors (Lipinski definition) is 6. The topological polar surface area (TPSA) is 104 Å². The maximum atomic E-state index is 10.1. The van der Waals surface area contributed by atoms with E-state index in [9.17, 15) is 10.4 Å². The quantitative estimate of drug-likeness (QED) is 0.307. The van der Waals surface area contributed by atoms with Gasteiger partial charge in [-0.25, -0.2) is 4.98 Å². The molecule has 7 nitrogen and oxygen atoms in total. The van der Waals surface area contributed by atoms with E-state index in [4.69, 9.17) is 9.57 Å². The van der Waals surface area contributed by atoms with Crippen molar-refractivity contribution >= 4 is 22.8 Å². The molecule has 0 atom stereocenters. The number of aliphatic hydroxyl groups excluding tert-OH is 1. The first-order valence-corrected chi connectivity index (χ1v) is 7.78. The van der Waals surface area contributed by atoms with Gasteiger partial charge in [-0.15, -0.1) is 0 Å². The van der Waals surface area contributed by atoms with Gasteiger partial charge in [0.15, 0.2) is 18.2 Å². The van der Waals surface area contributed by atoms with E-state index < -0.39 is 0 Å². The second kappa shape index (κ2) is 7.85. The molecule has 0 spiro atoms. The van der Waals surface area contributed by atoms with Crippen molar-refractivity contribution in [2.75, 3.05) is 13.7 Å². The first kappa shape index (κ1) is 17.0. The number of para-hydroxylation sites is 2. The van der Waals surface area contributed by atoms with E-state index >= 15 is 0 Å². The highest BCUT2D eigenvalue weighted by molar-refractivity contribution is 5.82. The number of oxime groups is 1. The molecule has 26 heavy (non-hydrogen) atoms. The van der Waals surface area contributed by atoms with Gasteiger partial charge >= 0.3 is 0 Å². The van der Waals surface area contributed by atoms with Gasteiger partial charge in [0, 0.05) is 0 Å². The number of nitrogens with zero attached hydrogens (tertiary/aromatic N) is 3. The van der Waals surface area contributed by atoms with Crippen LogP contribution in [0.1, 0.15) is 11.4 Å². The Hall–Kier alpha value is -3.79. The molecule has 0 bridgehead atoms. The largest absolute Gasteiger partial charge is 0.507 e. The predicted octanol–water partition coefficient (Wildman–Crippen LogP) is 3.41. The lowest BCUT2D eigenvalue weighted by atomic mass is 10.2. The number of rotatable bonds is 6. The second-order valence-electron chi connectivity index (χ2n) is 5.32. The molecular formula is C19H16N4O3. The van der Waals surface area contributed by atoms with Gasteiger partial charge in [-0.1, -0.05) is 17.3 Å². The van der Waals surface area contributed by atoms with Crippen molar-refractivity contribution in [2.45, 2.75) is 0 Å². The average molecular weight is 348 g/mol.